The number of hydrogen-bond donors (Lipinski definition) is 1. The van der Waals surface area contributed by atoms with Gasteiger partial charge in [-0.1, -0.05) is 16.8 Å². The predicted octanol–water partition coefficient (Wildman–Crippen LogP) is 2.03. The Morgan fingerprint density at radius 1 is 1.67 bits per heavy atom. The lowest BCUT2D eigenvalue weighted by Crippen LogP contribution is -1.96. The van der Waals surface area contributed by atoms with E-state index < -0.39 is 5.97 Å². The second-order valence-corrected chi connectivity index (χ2v) is 3.41. The summed E-state index contributed by atoms with van der Waals surface area (Å²) in [5.74, 6) is -0.979. The van der Waals surface area contributed by atoms with Crippen LogP contribution < -0.4 is 0 Å². The Balaban J connectivity index is 2.58. The summed E-state index contributed by atoms with van der Waals surface area (Å²) in [6.07, 6.45) is 3.50. The molecule has 2 rings (SSSR count). The minimum Gasteiger partial charge on any atom is -0.477 e. The van der Waals surface area contributed by atoms with Crippen LogP contribution in [0.4, 0.5) is 0 Å². The maximum Gasteiger partial charge on any atom is 0.342 e. The fourth-order valence-electron chi connectivity index (χ4n) is 1.29. The van der Waals surface area contributed by atoms with Gasteiger partial charge in [0.15, 0.2) is 10.9 Å². The molecule has 0 spiro atoms. The van der Waals surface area contributed by atoms with Crippen molar-refractivity contribution in [2.24, 2.45) is 7.05 Å². The Bertz CT molecular complexity index is 515. The third-order valence-electron chi connectivity index (χ3n) is 1.96. The van der Waals surface area contributed by atoms with Gasteiger partial charge in [-0.25, -0.2) is 4.79 Å². The summed E-state index contributed by atoms with van der Waals surface area (Å²) in [6, 6.07) is 1.73. The molecule has 0 unspecified atom stereocenters. The van der Waals surface area contributed by atoms with Crippen LogP contribution in [-0.2, 0) is 7.05 Å². The van der Waals surface area contributed by atoms with E-state index in [9.17, 15) is 4.79 Å². The standard InChI is InChI=1S/C9H7ClN2O3/c1-12-3-2-5(4-12)7-6(9(13)14)8(10)11-15-7/h2-4H,1H3,(H,13,14). The number of halogens is 1. The van der Waals surface area contributed by atoms with Crippen molar-refractivity contribution in [3.63, 3.8) is 0 Å². The zero-order valence-corrected chi connectivity index (χ0v) is 8.52. The molecular weight excluding hydrogens is 220 g/mol. The Hall–Kier alpha value is -1.75. The van der Waals surface area contributed by atoms with Crippen molar-refractivity contribution in [1.82, 2.24) is 9.72 Å². The molecule has 0 atom stereocenters. The third-order valence-corrected chi connectivity index (χ3v) is 2.22. The molecule has 2 aromatic rings. The molecule has 0 fully saturated rings. The SMILES string of the molecule is Cn1ccc(-c2onc(Cl)c2C(=O)O)c1. The van der Waals surface area contributed by atoms with Crippen molar-refractivity contribution < 1.29 is 14.4 Å². The lowest BCUT2D eigenvalue weighted by molar-refractivity contribution is 0.0697. The molecule has 2 aromatic heterocycles. The average molecular weight is 227 g/mol. The molecule has 5 nitrogen and oxygen atoms in total. The van der Waals surface area contributed by atoms with Crippen LogP contribution in [-0.4, -0.2) is 20.8 Å². The van der Waals surface area contributed by atoms with Crippen molar-refractivity contribution in [2.45, 2.75) is 0 Å². The minimum atomic E-state index is -1.15. The Morgan fingerprint density at radius 3 is 2.93 bits per heavy atom. The Kier molecular flexibility index (Phi) is 2.24. The predicted molar refractivity (Wildman–Crippen MR) is 52.9 cm³/mol. The van der Waals surface area contributed by atoms with E-state index in [-0.39, 0.29) is 16.5 Å². The van der Waals surface area contributed by atoms with Gasteiger partial charge in [0, 0.05) is 25.0 Å². The second kappa shape index (κ2) is 3.43. The summed E-state index contributed by atoms with van der Waals surface area (Å²) in [5, 5.41) is 12.2. The van der Waals surface area contributed by atoms with Crippen LogP contribution in [0.2, 0.25) is 5.15 Å². The number of carboxylic acid groups (broad SMARTS) is 1. The fraction of sp³-hybridized carbons (Fsp3) is 0.111. The van der Waals surface area contributed by atoms with E-state index in [1.54, 1.807) is 23.0 Å². The van der Waals surface area contributed by atoms with Gasteiger partial charge in [0.1, 0.15) is 5.56 Å². The molecular formula is C9H7ClN2O3. The molecule has 78 valence electrons. The summed E-state index contributed by atoms with van der Waals surface area (Å²) in [6.45, 7) is 0. The largest absolute Gasteiger partial charge is 0.477 e. The van der Waals surface area contributed by atoms with Crippen molar-refractivity contribution in [1.29, 1.82) is 0 Å². The van der Waals surface area contributed by atoms with Crippen LogP contribution in [0.25, 0.3) is 11.3 Å². The molecule has 6 heteroatoms. The minimum absolute atomic E-state index is 0.108. The highest BCUT2D eigenvalue weighted by molar-refractivity contribution is 6.32. The van der Waals surface area contributed by atoms with E-state index in [4.69, 9.17) is 21.2 Å². The quantitative estimate of drug-likeness (QED) is 0.851. The van der Waals surface area contributed by atoms with Crippen LogP contribution in [0.15, 0.2) is 23.0 Å². The lowest BCUT2D eigenvalue weighted by atomic mass is 10.2. The highest BCUT2D eigenvalue weighted by Gasteiger charge is 2.22. The van der Waals surface area contributed by atoms with Gasteiger partial charge in [-0.15, -0.1) is 0 Å². The van der Waals surface area contributed by atoms with Crippen LogP contribution in [0.5, 0.6) is 0 Å². The number of aromatic carboxylic acids is 1. The molecule has 1 N–H and O–H groups in total. The summed E-state index contributed by atoms with van der Waals surface area (Å²) in [7, 11) is 1.82. The molecule has 0 amide bonds. The molecule has 0 radical (unpaired) electrons. The molecule has 0 aliphatic heterocycles. The number of aryl methyl sites for hydroxylation is 1. The van der Waals surface area contributed by atoms with E-state index >= 15 is 0 Å². The van der Waals surface area contributed by atoms with E-state index in [2.05, 4.69) is 5.16 Å². The number of hydrogen-bond acceptors (Lipinski definition) is 3. The van der Waals surface area contributed by atoms with E-state index in [0.717, 1.165) is 0 Å². The van der Waals surface area contributed by atoms with Crippen molar-refractivity contribution in [3.05, 3.63) is 29.2 Å². The van der Waals surface area contributed by atoms with Gasteiger partial charge in [-0.2, -0.15) is 0 Å². The smallest absolute Gasteiger partial charge is 0.342 e. The molecule has 0 saturated heterocycles. The maximum atomic E-state index is 10.9. The normalized spacial score (nSPS) is 10.5. The zero-order valence-electron chi connectivity index (χ0n) is 7.77. The highest BCUT2D eigenvalue weighted by Crippen LogP contribution is 2.28. The van der Waals surface area contributed by atoms with Crippen molar-refractivity contribution in [2.75, 3.05) is 0 Å². The topological polar surface area (TPSA) is 68.3 Å². The Labute approximate surface area is 89.9 Å². The molecule has 0 aliphatic carbocycles. The molecule has 2 heterocycles. The number of nitrogens with zero attached hydrogens (tertiary/aromatic N) is 2. The Morgan fingerprint density at radius 2 is 2.40 bits per heavy atom. The van der Waals surface area contributed by atoms with Gasteiger partial charge in [-0.05, 0) is 6.07 Å². The molecule has 15 heavy (non-hydrogen) atoms. The monoisotopic (exact) mass is 226 g/mol. The van der Waals surface area contributed by atoms with Crippen LogP contribution in [0.3, 0.4) is 0 Å². The van der Waals surface area contributed by atoms with Gasteiger partial charge >= 0.3 is 5.97 Å². The lowest BCUT2D eigenvalue weighted by Gasteiger charge is -1.92. The van der Waals surface area contributed by atoms with Crippen molar-refractivity contribution in [3.8, 4) is 11.3 Å². The van der Waals surface area contributed by atoms with E-state index in [1.807, 2.05) is 7.05 Å². The van der Waals surface area contributed by atoms with Gasteiger partial charge in [0.25, 0.3) is 0 Å². The van der Waals surface area contributed by atoms with E-state index in [1.165, 1.54) is 0 Å². The zero-order chi connectivity index (χ0) is 11.0. The summed E-state index contributed by atoms with van der Waals surface area (Å²) >= 11 is 5.60. The van der Waals surface area contributed by atoms with Gasteiger partial charge in [0.2, 0.25) is 0 Å². The first-order valence-electron chi connectivity index (χ1n) is 4.10. The number of carbonyl (C=O) groups is 1. The van der Waals surface area contributed by atoms with Crippen LogP contribution in [0, 0.1) is 0 Å². The number of rotatable bonds is 2. The summed E-state index contributed by atoms with van der Waals surface area (Å²) in [5.41, 5.74) is 0.525. The third kappa shape index (κ3) is 1.61. The molecule has 0 aromatic carbocycles. The first-order valence-corrected chi connectivity index (χ1v) is 4.48. The molecule has 0 bridgehead atoms. The summed E-state index contributed by atoms with van der Waals surface area (Å²) in [4.78, 5) is 10.9. The molecule has 0 saturated carbocycles. The summed E-state index contributed by atoms with van der Waals surface area (Å²) < 4.78 is 6.66. The fourth-order valence-corrected chi connectivity index (χ4v) is 1.49. The van der Waals surface area contributed by atoms with Crippen molar-refractivity contribution >= 4 is 17.6 Å². The number of aromatic nitrogens is 2. The first-order chi connectivity index (χ1) is 7.09. The van der Waals surface area contributed by atoms with Crippen LogP contribution >= 0.6 is 11.6 Å². The first kappa shape index (κ1) is 9.79. The van der Waals surface area contributed by atoms with E-state index in [0.29, 0.717) is 5.56 Å². The molecule has 0 aliphatic rings. The van der Waals surface area contributed by atoms with Gasteiger partial charge < -0.3 is 14.2 Å². The maximum absolute atomic E-state index is 10.9. The van der Waals surface area contributed by atoms with Gasteiger partial charge in [0.05, 0.1) is 0 Å². The second-order valence-electron chi connectivity index (χ2n) is 3.05. The highest BCUT2D eigenvalue weighted by atomic mass is 35.5. The number of carboxylic acids is 1. The van der Waals surface area contributed by atoms with Crippen LogP contribution in [0.1, 0.15) is 10.4 Å². The average Bonchev–Trinajstić information content (AvgIpc) is 2.71. The van der Waals surface area contributed by atoms with Gasteiger partial charge in [-0.3, -0.25) is 0 Å².